The van der Waals surface area contributed by atoms with Gasteiger partial charge in [-0.05, 0) is 65.7 Å². The van der Waals surface area contributed by atoms with E-state index in [1.165, 1.54) is 12.1 Å². The maximum atomic E-state index is 14.4. The van der Waals surface area contributed by atoms with Crippen LogP contribution in [0, 0.1) is 0 Å². The highest BCUT2D eigenvalue weighted by molar-refractivity contribution is 6.24. The molecule has 0 saturated carbocycles. The summed E-state index contributed by atoms with van der Waals surface area (Å²) in [6.45, 7) is 0. The maximum absolute atomic E-state index is 14.4. The average Bonchev–Trinajstić information content (AvgIpc) is 3.40. The van der Waals surface area contributed by atoms with E-state index >= 15 is 0 Å². The number of nitrogens with two attached hydrogens (primary N) is 4. The third-order valence-corrected chi connectivity index (χ3v) is 8.27. The third kappa shape index (κ3) is 7.97. The Kier molecular flexibility index (Phi) is 10.9. The highest BCUT2D eigenvalue weighted by atomic mass is 19.4. The SMILES string of the molecule is NC(=O)c1c(C(=O)O)cc2c(c1C(N)=O)C(=O)OC2=O.Nc1cccc(Oc2ccc(C(c3ccc(Oc4cccc(N)c4)cc3)(C(F)(F)F)C(F)(F)F)cc2)c1. The van der Waals surface area contributed by atoms with Gasteiger partial charge in [0.05, 0.1) is 27.8 Å². The van der Waals surface area contributed by atoms with E-state index in [0.717, 1.165) is 54.6 Å². The van der Waals surface area contributed by atoms with Crippen LogP contribution in [0.15, 0.2) is 103 Å². The lowest BCUT2D eigenvalue weighted by Crippen LogP contribution is -2.54. The molecule has 2 amide bonds. The molecule has 0 radical (unpaired) electrons. The third-order valence-electron chi connectivity index (χ3n) is 8.27. The van der Waals surface area contributed by atoms with Crippen molar-refractivity contribution in [2.24, 2.45) is 11.5 Å². The van der Waals surface area contributed by atoms with E-state index in [2.05, 4.69) is 4.74 Å². The maximum Gasteiger partial charge on any atom is 0.411 e. The topological polar surface area (TPSA) is 237 Å². The van der Waals surface area contributed by atoms with Gasteiger partial charge in [-0.15, -0.1) is 0 Å². The Balaban J connectivity index is 0.000000261. The van der Waals surface area contributed by atoms with Crippen molar-refractivity contribution in [3.8, 4) is 23.0 Å². The molecule has 0 spiro atoms. The minimum Gasteiger partial charge on any atom is -0.478 e. The van der Waals surface area contributed by atoms with Gasteiger partial charge in [0.15, 0.2) is 0 Å². The molecule has 0 aromatic heterocycles. The number of ether oxygens (including phenoxy) is 3. The van der Waals surface area contributed by atoms with Crippen LogP contribution in [0.3, 0.4) is 0 Å². The molecule has 1 aliphatic heterocycles. The quantitative estimate of drug-likeness (QED) is 0.0453. The van der Waals surface area contributed by atoms with Crippen LogP contribution < -0.4 is 32.4 Å². The number of esters is 2. The molecule has 5 aromatic carbocycles. The van der Waals surface area contributed by atoms with Crippen molar-refractivity contribution in [2.45, 2.75) is 17.8 Å². The van der Waals surface area contributed by atoms with Crippen LogP contribution in [-0.2, 0) is 10.2 Å². The van der Waals surface area contributed by atoms with Crippen LogP contribution in [0.4, 0.5) is 37.7 Å². The Hall–Kier alpha value is -7.57. The van der Waals surface area contributed by atoms with E-state index in [9.17, 15) is 50.3 Å². The van der Waals surface area contributed by atoms with Gasteiger partial charge in [-0.1, -0.05) is 36.4 Å². The van der Waals surface area contributed by atoms with Crippen molar-refractivity contribution in [3.63, 3.8) is 0 Å². The first-order chi connectivity index (χ1) is 26.6. The van der Waals surface area contributed by atoms with E-state index in [-0.39, 0.29) is 23.0 Å². The number of rotatable bonds is 9. The van der Waals surface area contributed by atoms with Gasteiger partial charge in [0.2, 0.25) is 17.2 Å². The number of alkyl halides is 6. The van der Waals surface area contributed by atoms with Gasteiger partial charge >= 0.3 is 30.3 Å². The molecule has 57 heavy (non-hydrogen) atoms. The number of hydrogen-bond donors (Lipinski definition) is 5. The number of carboxylic acid groups (broad SMARTS) is 1. The van der Waals surface area contributed by atoms with E-state index in [1.54, 1.807) is 36.4 Å². The molecule has 0 unspecified atom stereocenters. The summed E-state index contributed by atoms with van der Waals surface area (Å²) in [5.41, 5.74) is 12.6. The number of benzene rings is 5. The van der Waals surface area contributed by atoms with E-state index in [1.807, 2.05) is 0 Å². The number of fused-ring (bicyclic) bond motifs is 1. The molecule has 1 aliphatic rings. The molecule has 0 atom stereocenters. The molecule has 0 saturated heterocycles. The molecule has 1 heterocycles. The zero-order valence-electron chi connectivity index (χ0n) is 28.6. The predicted molar refractivity (Wildman–Crippen MR) is 188 cm³/mol. The highest BCUT2D eigenvalue weighted by Gasteiger charge is 2.72. The minimum atomic E-state index is -5.72. The van der Waals surface area contributed by atoms with Crippen LogP contribution in [0.2, 0.25) is 0 Å². The second-order valence-corrected chi connectivity index (χ2v) is 12.0. The standard InChI is InChI=1S/C27H20F6N2O2.C11H6N2O7/c28-26(29,30)25(27(31,32)33,17-7-11-21(12-8-17)36-23-5-1-3-19(34)15-23)18-9-13-22(14-10-18)37-24-6-2-4-20(35)16-24;12-7(14)4-2(9(16)17)1-3-5(6(4)8(13)15)11(19)20-10(3)18/h1-16H,34-35H2;1H,(H2,12,14)(H2,13,15)(H,16,17). The lowest BCUT2D eigenvalue weighted by atomic mass is 9.73. The molecular weight excluding hydrogens is 770 g/mol. The lowest BCUT2D eigenvalue weighted by molar-refractivity contribution is -0.288. The lowest BCUT2D eigenvalue weighted by Gasteiger charge is -2.38. The van der Waals surface area contributed by atoms with Gasteiger partial charge in [-0.3, -0.25) is 9.59 Å². The number of halogens is 6. The Labute approximate surface area is 316 Å². The number of anilines is 2. The summed E-state index contributed by atoms with van der Waals surface area (Å²) in [6.07, 6.45) is -11.4. The van der Waals surface area contributed by atoms with Crippen molar-refractivity contribution in [1.82, 2.24) is 0 Å². The normalized spacial score (nSPS) is 12.5. The van der Waals surface area contributed by atoms with Crippen LogP contribution in [0.25, 0.3) is 0 Å². The second-order valence-electron chi connectivity index (χ2n) is 12.0. The summed E-state index contributed by atoms with van der Waals surface area (Å²) in [5, 5.41) is 9.01. The molecule has 0 bridgehead atoms. The number of aromatic carboxylic acids is 1. The Morgan fingerprint density at radius 2 is 1.00 bits per heavy atom. The van der Waals surface area contributed by atoms with Crippen molar-refractivity contribution >= 4 is 41.1 Å². The van der Waals surface area contributed by atoms with Crippen molar-refractivity contribution in [3.05, 3.63) is 142 Å². The van der Waals surface area contributed by atoms with Gasteiger partial charge in [-0.2, -0.15) is 26.3 Å². The fraction of sp³-hybridized carbons (Fsp3) is 0.0789. The number of cyclic esters (lactones) is 2. The largest absolute Gasteiger partial charge is 0.478 e. The van der Waals surface area contributed by atoms with Crippen molar-refractivity contribution in [2.75, 3.05) is 11.5 Å². The first-order valence-electron chi connectivity index (χ1n) is 15.9. The van der Waals surface area contributed by atoms with Crippen molar-refractivity contribution < 1.29 is 69.6 Å². The molecule has 9 N–H and O–H groups in total. The van der Waals surface area contributed by atoms with Crippen molar-refractivity contribution in [1.29, 1.82) is 0 Å². The number of carbonyl (C=O) groups is 5. The minimum absolute atomic E-state index is 0.0403. The predicted octanol–water partition coefficient (Wildman–Crippen LogP) is 6.74. The summed E-state index contributed by atoms with van der Waals surface area (Å²) in [6, 6.07) is 20.3. The fourth-order valence-electron chi connectivity index (χ4n) is 5.87. The highest BCUT2D eigenvalue weighted by Crippen LogP contribution is 2.56. The molecule has 0 fully saturated rings. The summed E-state index contributed by atoms with van der Waals surface area (Å²) in [7, 11) is 0. The summed E-state index contributed by atoms with van der Waals surface area (Å²) < 4.78 is 102. The van der Waals surface area contributed by atoms with E-state index in [4.69, 9.17) is 37.5 Å². The molecule has 294 valence electrons. The molecule has 5 aromatic rings. The monoisotopic (exact) mass is 796 g/mol. The summed E-state index contributed by atoms with van der Waals surface area (Å²) in [5.74, 6) is -5.85. The molecular formula is C38H26F6N4O9. The Morgan fingerprint density at radius 1 is 0.579 bits per heavy atom. The fourth-order valence-corrected chi connectivity index (χ4v) is 5.87. The zero-order valence-corrected chi connectivity index (χ0v) is 28.6. The molecule has 0 aliphatic carbocycles. The summed E-state index contributed by atoms with van der Waals surface area (Å²) >= 11 is 0. The summed E-state index contributed by atoms with van der Waals surface area (Å²) in [4.78, 5) is 56.8. The van der Waals surface area contributed by atoms with Crippen LogP contribution in [-0.4, -0.2) is 47.2 Å². The van der Waals surface area contributed by atoms with E-state index < -0.39 is 86.4 Å². The van der Waals surface area contributed by atoms with Gasteiger partial charge < -0.3 is 42.3 Å². The van der Waals surface area contributed by atoms with Gasteiger partial charge in [0.25, 0.3) is 0 Å². The van der Waals surface area contributed by atoms with Gasteiger partial charge in [0.1, 0.15) is 23.0 Å². The van der Waals surface area contributed by atoms with E-state index in [0.29, 0.717) is 11.4 Å². The van der Waals surface area contributed by atoms with Gasteiger partial charge in [0, 0.05) is 23.5 Å². The Morgan fingerprint density at radius 3 is 1.35 bits per heavy atom. The zero-order chi connectivity index (χ0) is 42.0. The molecule has 6 rings (SSSR count). The second kappa shape index (κ2) is 15.3. The average molecular weight is 797 g/mol. The first kappa shape index (κ1) is 40.6. The number of amides is 2. The number of carboxylic acids is 1. The van der Waals surface area contributed by atoms with Crippen LogP contribution >= 0.6 is 0 Å². The molecule has 13 nitrogen and oxygen atoms in total. The van der Waals surface area contributed by atoms with Gasteiger partial charge in [-0.25, -0.2) is 14.4 Å². The number of hydrogen-bond acceptors (Lipinski definition) is 10. The smallest absolute Gasteiger partial charge is 0.411 e. The van der Waals surface area contributed by atoms with Crippen LogP contribution in [0.1, 0.15) is 62.9 Å². The number of nitrogen functional groups attached to an aromatic ring is 2. The first-order valence-corrected chi connectivity index (χ1v) is 15.9. The number of primary amides is 2. The molecule has 19 heteroatoms. The number of carbonyl (C=O) groups excluding carboxylic acids is 4. The van der Waals surface area contributed by atoms with Crippen LogP contribution in [0.5, 0.6) is 23.0 Å². The Bertz CT molecular complexity index is 2310.